The molecule has 0 spiro atoms. The number of carbonyl (C=O) groups excluding carboxylic acids is 3. The van der Waals surface area contributed by atoms with Gasteiger partial charge in [-0.3, -0.25) is 14.5 Å². The van der Waals surface area contributed by atoms with Gasteiger partial charge in [0.1, 0.15) is 17.9 Å². The monoisotopic (exact) mass is 363 g/mol. The standard InChI is InChI=1S/C19H26FN3O3/c1-4-6-11-19(14-7-9-15(20)10-8-14)17(25)23(18(26)22-19)12-16(24)21-13(3)5-2/h7-10,13H,4-6,11-12H2,1-3H3,(H,21,24)(H,22,26)/t13-,19-/m1/s1. The van der Waals surface area contributed by atoms with E-state index in [-0.39, 0.29) is 18.5 Å². The molecule has 2 rings (SSSR count). The van der Waals surface area contributed by atoms with Crippen molar-refractivity contribution in [3.8, 4) is 0 Å². The number of imide groups is 1. The van der Waals surface area contributed by atoms with E-state index in [1.54, 1.807) is 0 Å². The maximum atomic E-state index is 13.3. The molecule has 0 radical (unpaired) electrons. The largest absolute Gasteiger partial charge is 0.352 e. The molecule has 26 heavy (non-hydrogen) atoms. The summed E-state index contributed by atoms with van der Waals surface area (Å²) in [4.78, 5) is 38.6. The Hall–Kier alpha value is -2.44. The highest BCUT2D eigenvalue weighted by Crippen LogP contribution is 2.34. The van der Waals surface area contributed by atoms with Crippen LogP contribution in [0.4, 0.5) is 9.18 Å². The van der Waals surface area contributed by atoms with Crippen LogP contribution in [-0.4, -0.2) is 35.3 Å². The minimum absolute atomic E-state index is 0.0368. The molecule has 6 nitrogen and oxygen atoms in total. The van der Waals surface area contributed by atoms with Crippen molar-refractivity contribution in [1.82, 2.24) is 15.5 Å². The predicted molar refractivity (Wildman–Crippen MR) is 95.7 cm³/mol. The Morgan fingerprint density at radius 3 is 2.50 bits per heavy atom. The molecule has 1 aromatic rings. The lowest BCUT2D eigenvalue weighted by atomic mass is 9.85. The van der Waals surface area contributed by atoms with Gasteiger partial charge < -0.3 is 10.6 Å². The first-order chi connectivity index (χ1) is 12.3. The van der Waals surface area contributed by atoms with Crippen LogP contribution < -0.4 is 10.6 Å². The highest BCUT2D eigenvalue weighted by molar-refractivity contribution is 6.09. The maximum absolute atomic E-state index is 13.3. The molecular formula is C19H26FN3O3. The molecule has 0 bridgehead atoms. The van der Waals surface area contributed by atoms with E-state index in [0.717, 1.165) is 17.7 Å². The van der Waals surface area contributed by atoms with E-state index in [1.165, 1.54) is 24.3 Å². The molecule has 4 amide bonds. The van der Waals surface area contributed by atoms with Crippen molar-refractivity contribution in [3.63, 3.8) is 0 Å². The van der Waals surface area contributed by atoms with E-state index in [0.29, 0.717) is 18.4 Å². The summed E-state index contributed by atoms with van der Waals surface area (Å²) in [5.74, 6) is -1.27. The normalized spacial score (nSPS) is 20.8. The number of nitrogens with one attached hydrogen (secondary N) is 2. The average Bonchev–Trinajstić information content (AvgIpc) is 2.85. The molecule has 0 aromatic heterocycles. The lowest BCUT2D eigenvalue weighted by Gasteiger charge is -2.27. The van der Waals surface area contributed by atoms with Gasteiger partial charge in [-0.1, -0.05) is 38.8 Å². The lowest BCUT2D eigenvalue weighted by Crippen LogP contribution is -2.46. The summed E-state index contributed by atoms with van der Waals surface area (Å²) in [5.41, 5.74) is -0.729. The number of amides is 4. The molecule has 2 N–H and O–H groups in total. The van der Waals surface area contributed by atoms with Gasteiger partial charge in [0.05, 0.1) is 0 Å². The highest BCUT2D eigenvalue weighted by Gasteiger charge is 2.52. The Bertz CT molecular complexity index is 677. The molecule has 7 heteroatoms. The van der Waals surface area contributed by atoms with E-state index in [1.807, 2.05) is 20.8 Å². The highest BCUT2D eigenvalue weighted by atomic mass is 19.1. The van der Waals surface area contributed by atoms with Crippen LogP contribution >= 0.6 is 0 Å². The smallest absolute Gasteiger partial charge is 0.325 e. The van der Waals surface area contributed by atoms with Crippen molar-refractivity contribution in [2.45, 2.75) is 58.0 Å². The third kappa shape index (κ3) is 4.03. The molecule has 0 unspecified atom stereocenters. The van der Waals surface area contributed by atoms with E-state index in [2.05, 4.69) is 10.6 Å². The Labute approximate surface area is 153 Å². The molecule has 1 aliphatic heterocycles. The fourth-order valence-corrected chi connectivity index (χ4v) is 3.02. The zero-order valence-corrected chi connectivity index (χ0v) is 15.5. The second kappa shape index (κ2) is 8.29. The van der Waals surface area contributed by atoms with Gasteiger partial charge in [-0.05, 0) is 37.5 Å². The van der Waals surface area contributed by atoms with E-state index in [9.17, 15) is 18.8 Å². The number of benzene rings is 1. The Kier molecular flexibility index (Phi) is 6.34. The van der Waals surface area contributed by atoms with Gasteiger partial charge in [-0.25, -0.2) is 9.18 Å². The molecular weight excluding hydrogens is 337 g/mol. The van der Waals surface area contributed by atoms with E-state index < -0.39 is 23.3 Å². The molecule has 1 aliphatic rings. The molecule has 1 heterocycles. The Morgan fingerprint density at radius 2 is 1.92 bits per heavy atom. The fraction of sp³-hybridized carbons (Fsp3) is 0.526. The third-order valence-electron chi connectivity index (χ3n) is 4.74. The number of halogens is 1. The number of hydrogen-bond acceptors (Lipinski definition) is 3. The molecule has 1 saturated heterocycles. The van der Waals surface area contributed by atoms with Crippen molar-refractivity contribution in [3.05, 3.63) is 35.6 Å². The van der Waals surface area contributed by atoms with Gasteiger partial charge in [0.2, 0.25) is 5.91 Å². The summed E-state index contributed by atoms with van der Waals surface area (Å²) in [7, 11) is 0. The first kappa shape index (κ1) is 19.9. The van der Waals surface area contributed by atoms with Crippen LogP contribution in [0.2, 0.25) is 0 Å². The van der Waals surface area contributed by atoms with Gasteiger partial charge in [-0.15, -0.1) is 0 Å². The SMILES string of the molecule is CCCC[C@]1(c2ccc(F)cc2)NC(=O)N(CC(=O)N[C@H](C)CC)C1=O. The fourth-order valence-electron chi connectivity index (χ4n) is 3.02. The minimum Gasteiger partial charge on any atom is -0.352 e. The number of carbonyl (C=O) groups is 3. The third-order valence-corrected chi connectivity index (χ3v) is 4.74. The van der Waals surface area contributed by atoms with Crippen molar-refractivity contribution >= 4 is 17.8 Å². The summed E-state index contributed by atoms with van der Waals surface area (Å²) < 4.78 is 13.3. The molecule has 2 atom stereocenters. The van der Waals surface area contributed by atoms with Crippen molar-refractivity contribution in [1.29, 1.82) is 0 Å². The zero-order valence-electron chi connectivity index (χ0n) is 15.5. The van der Waals surface area contributed by atoms with Gasteiger partial charge >= 0.3 is 6.03 Å². The number of rotatable bonds is 8. The van der Waals surface area contributed by atoms with Crippen LogP contribution in [0, 0.1) is 5.82 Å². The first-order valence-corrected chi connectivity index (χ1v) is 9.03. The maximum Gasteiger partial charge on any atom is 0.325 e. The van der Waals surface area contributed by atoms with Crippen molar-refractivity contribution < 1.29 is 18.8 Å². The number of nitrogens with zero attached hydrogens (tertiary/aromatic N) is 1. The lowest BCUT2D eigenvalue weighted by molar-refractivity contribution is -0.135. The first-order valence-electron chi connectivity index (χ1n) is 9.03. The molecule has 142 valence electrons. The van der Waals surface area contributed by atoms with Crippen LogP contribution in [0.25, 0.3) is 0 Å². The van der Waals surface area contributed by atoms with Crippen LogP contribution in [0.3, 0.4) is 0 Å². The van der Waals surface area contributed by atoms with Crippen LogP contribution in [0.5, 0.6) is 0 Å². The molecule has 0 aliphatic carbocycles. The Morgan fingerprint density at radius 1 is 1.27 bits per heavy atom. The van der Waals surface area contributed by atoms with Crippen LogP contribution in [0.15, 0.2) is 24.3 Å². The van der Waals surface area contributed by atoms with Crippen molar-refractivity contribution in [2.75, 3.05) is 6.54 Å². The van der Waals surface area contributed by atoms with E-state index in [4.69, 9.17) is 0 Å². The van der Waals surface area contributed by atoms with Gasteiger partial charge in [-0.2, -0.15) is 0 Å². The Balaban J connectivity index is 2.27. The van der Waals surface area contributed by atoms with Gasteiger partial charge in [0.25, 0.3) is 5.91 Å². The quantitative estimate of drug-likeness (QED) is 0.697. The van der Waals surface area contributed by atoms with Crippen molar-refractivity contribution in [2.24, 2.45) is 0 Å². The molecule has 1 aromatic carbocycles. The van der Waals surface area contributed by atoms with Crippen LogP contribution in [0.1, 0.15) is 52.0 Å². The van der Waals surface area contributed by atoms with Crippen LogP contribution in [-0.2, 0) is 15.1 Å². The predicted octanol–water partition coefficient (Wildman–Crippen LogP) is 2.68. The summed E-state index contributed by atoms with van der Waals surface area (Å²) in [5, 5.41) is 5.50. The topological polar surface area (TPSA) is 78.5 Å². The molecule has 1 fully saturated rings. The zero-order chi connectivity index (χ0) is 19.3. The average molecular weight is 363 g/mol. The summed E-state index contributed by atoms with van der Waals surface area (Å²) in [6.45, 7) is 5.44. The van der Waals surface area contributed by atoms with Gasteiger partial charge in [0.15, 0.2) is 0 Å². The minimum atomic E-state index is -1.25. The van der Waals surface area contributed by atoms with E-state index >= 15 is 0 Å². The molecule has 0 saturated carbocycles. The summed E-state index contributed by atoms with van der Waals surface area (Å²) in [6.07, 6.45) is 2.68. The summed E-state index contributed by atoms with van der Waals surface area (Å²) in [6, 6.07) is 4.90. The summed E-state index contributed by atoms with van der Waals surface area (Å²) >= 11 is 0. The van der Waals surface area contributed by atoms with Gasteiger partial charge in [0, 0.05) is 6.04 Å². The number of unbranched alkanes of at least 4 members (excludes halogenated alkanes) is 1. The second-order valence-corrected chi connectivity index (χ2v) is 6.71. The number of hydrogen-bond donors (Lipinski definition) is 2. The number of urea groups is 1. The second-order valence-electron chi connectivity index (χ2n) is 6.71.